The minimum atomic E-state index is 0.0283. The summed E-state index contributed by atoms with van der Waals surface area (Å²) in [5.74, 6) is 0.0283. The summed E-state index contributed by atoms with van der Waals surface area (Å²) < 4.78 is 0. The highest BCUT2D eigenvalue weighted by atomic mass is 32.1. The summed E-state index contributed by atoms with van der Waals surface area (Å²) in [5.41, 5.74) is 1.79. The molecule has 0 N–H and O–H groups in total. The van der Waals surface area contributed by atoms with Gasteiger partial charge in [0.15, 0.2) is 0 Å². The minimum Gasteiger partial charge on any atom is -0.338 e. The summed E-state index contributed by atoms with van der Waals surface area (Å²) in [6.45, 7) is 5.42. The van der Waals surface area contributed by atoms with Crippen LogP contribution in [0.3, 0.4) is 0 Å². The van der Waals surface area contributed by atoms with Crippen molar-refractivity contribution in [3.63, 3.8) is 0 Å². The molecule has 1 aromatic heterocycles. The monoisotopic (exact) mass is 274 g/mol. The molecule has 2 aromatic rings. The maximum Gasteiger partial charge on any atom is 0.273 e. The van der Waals surface area contributed by atoms with Gasteiger partial charge in [-0.05, 0) is 19.4 Å². The molecule has 1 heterocycles. The number of rotatable bonds is 5. The first-order valence-electron chi connectivity index (χ1n) is 6.52. The van der Waals surface area contributed by atoms with Gasteiger partial charge in [0.1, 0.15) is 5.69 Å². The van der Waals surface area contributed by atoms with Crippen molar-refractivity contribution in [3.8, 4) is 0 Å². The van der Waals surface area contributed by atoms with Crippen molar-refractivity contribution in [1.82, 2.24) is 9.88 Å². The lowest BCUT2D eigenvalue weighted by Gasteiger charge is -2.16. The normalized spacial score (nSPS) is 10.4. The van der Waals surface area contributed by atoms with Crippen LogP contribution >= 0.6 is 11.3 Å². The van der Waals surface area contributed by atoms with Crippen LogP contribution in [0.1, 0.15) is 34.9 Å². The molecule has 19 heavy (non-hydrogen) atoms. The first-order valence-corrected chi connectivity index (χ1v) is 7.40. The first-order chi connectivity index (χ1) is 9.24. The maximum absolute atomic E-state index is 12.1. The third-order valence-corrected chi connectivity index (χ3v) is 3.87. The number of carbonyl (C=O) groups excluding carboxylic acids is 1. The lowest BCUT2D eigenvalue weighted by atomic mass is 10.2. The molecule has 1 aromatic carbocycles. The maximum atomic E-state index is 12.1. The Morgan fingerprint density at radius 3 is 2.53 bits per heavy atom. The summed E-state index contributed by atoms with van der Waals surface area (Å²) >= 11 is 1.55. The van der Waals surface area contributed by atoms with E-state index < -0.39 is 0 Å². The molecule has 4 heteroatoms. The number of benzene rings is 1. The third-order valence-electron chi connectivity index (χ3n) is 3.02. The number of hydrogen-bond acceptors (Lipinski definition) is 3. The van der Waals surface area contributed by atoms with E-state index in [0.717, 1.165) is 24.5 Å². The van der Waals surface area contributed by atoms with Crippen LogP contribution in [0.25, 0.3) is 0 Å². The molecular weight excluding hydrogens is 256 g/mol. The molecule has 0 atom stereocenters. The Balaban J connectivity index is 2.09. The van der Waals surface area contributed by atoms with Gasteiger partial charge in [-0.2, -0.15) is 0 Å². The Bertz CT molecular complexity index is 532. The van der Waals surface area contributed by atoms with E-state index >= 15 is 0 Å². The van der Waals surface area contributed by atoms with Crippen molar-refractivity contribution in [1.29, 1.82) is 0 Å². The number of nitrogens with zero attached hydrogens (tertiary/aromatic N) is 2. The molecule has 3 nitrogen and oxygen atoms in total. The fourth-order valence-electron chi connectivity index (χ4n) is 1.93. The van der Waals surface area contributed by atoms with Crippen LogP contribution in [0, 0.1) is 0 Å². The summed E-state index contributed by atoms with van der Waals surface area (Å²) in [6.07, 6.45) is 0.789. The second-order valence-electron chi connectivity index (χ2n) is 4.27. The second kappa shape index (κ2) is 6.48. The second-order valence-corrected chi connectivity index (χ2v) is 5.21. The highest BCUT2D eigenvalue weighted by Gasteiger charge is 2.15. The molecule has 0 aliphatic rings. The van der Waals surface area contributed by atoms with E-state index in [1.165, 1.54) is 5.56 Å². The van der Waals surface area contributed by atoms with Crippen molar-refractivity contribution in [2.24, 2.45) is 0 Å². The van der Waals surface area contributed by atoms with E-state index in [4.69, 9.17) is 0 Å². The quantitative estimate of drug-likeness (QED) is 0.838. The molecule has 0 fully saturated rings. The third kappa shape index (κ3) is 3.41. The molecule has 0 saturated heterocycles. The molecule has 2 rings (SSSR count). The largest absolute Gasteiger partial charge is 0.338 e. The number of amides is 1. The molecule has 0 saturated carbocycles. The molecular formula is C15H18N2OS. The van der Waals surface area contributed by atoms with E-state index in [9.17, 15) is 4.79 Å². The molecule has 0 spiro atoms. The molecule has 0 unspecified atom stereocenters. The molecule has 100 valence electrons. The summed E-state index contributed by atoms with van der Waals surface area (Å²) in [4.78, 5) is 18.4. The Hall–Kier alpha value is -1.68. The van der Waals surface area contributed by atoms with Crippen LogP contribution in [0.2, 0.25) is 0 Å². The van der Waals surface area contributed by atoms with Gasteiger partial charge in [0.25, 0.3) is 5.91 Å². The van der Waals surface area contributed by atoms with E-state index in [1.54, 1.807) is 16.2 Å². The summed E-state index contributed by atoms with van der Waals surface area (Å²) in [6, 6.07) is 10.2. The molecule has 1 amide bonds. The van der Waals surface area contributed by atoms with Gasteiger partial charge in [-0.1, -0.05) is 30.3 Å². The first kappa shape index (κ1) is 13.7. The number of aromatic nitrogens is 1. The average molecular weight is 274 g/mol. The van der Waals surface area contributed by atoms with E-state index in [1.807, 2.05) is 37.4 Å². The van der Waals surface area contributed by atoms with Crippen LogP contribution in [-0.4, -0.2) is 28.9 Å². The van der Waals surface area contributed by atoms with Crippen molar-refractivity contribution in [2.45, 2.75) is 20.3 Å². The molecule has 0 bridgehead atoms. The Labute approximate surface area is 117 Å². The fourth-order valence-corrected chi connectivity index (χ4v) is 2.74. The SMILES string of the molecule is CCN(CC)C(=O)c1csc(Cc2ccccc2)n1. The van der Waals surface area contributed by atoms with Crippen LogP contribution in [0.4, 0.5) is 0 Å². The molecule has 0 radical (unpaired) electrons. The lowest BCUT2D eigenvalue weighted by Crippen LogP contribution is -2.30. The number of hydrogen-bond donors (Lipinski definition) is 0. The van der Waals surface area contributed by atoms with Crippen molar-refractivity contribution >= 4 is 17.2 Å². The van der Waals surface area contributed by atoms with Gasteiger partial charge in [0.05, 0.1) is 5.01 Å². The summed E-state index contributed by atoms with van der Waals surface area (Å²) in [5, 5.41) is 2.85. The number of carbonyl (C=O) groups is 1. The smallest absolute Gasteiger partial charge is 0.273 e. The minimum absolute atomic E-state index is 0.0283. The fraction of sp³-hybridized carbons (Fsp3) is 0.333. The van der Waals surface area contributed by atoms with Crippen molar-refractivity contribution in [3.05, 3.63) is 52.0 Å². The van der Waals surface area contributed by atoms with Crippen LogP contribution < -0.4 is 0 Å². The standard InChI is InChI=1S/C15H18N2OS/c1-3-17(4-2)15(18)13-11-19-14(16-13)10-12-8-6-5-7-9-12/h5-9,11H,3-4,10H2,1-2H3. The van der Waals surface area contributed by atoms with Gasteiger partial charge < -0.3 is 4.90 Å². The van der Waals surface area contributed by atoms with Gasteiger partial charge in [-0.15, -0.1) is 11.3 Å². The van der Waals surface area contributed by atoms with Gasteiger partial charge in [-0.3, -0.25) is 4.79 Å². The average Bonchev–Trinajstić information content (AvgIpc) is 2.89. The zero-order valence-electron chi connectivity index (χ0n) is 11.3. The van der Waals surface area contributed by atoms with E-state index in [2.05, 4.69) is 17.1 Å². The van der Waals surface area contributed by atoms with E-state index in [-0.39, 0.29) is 5.91 Å². The predicted octanol–water partition coefficient (Wildman–Crippen LogP) is 3.22. The van der Waals surface area contributed by atoms with Gasteiger partial charge in [0, 0.05) is 24.9 Å². The number of thiazole rings is 1. The van der Waals surface area contributed by atoms with Crippen molar-refractivity contribution < 1.29 is 4.79 Å². The Kier molecular flexibility index (Phi) is 4.68. The topological polar surface area (TPSA) is 33.2 Å². The Morgan fingerprint density at radius 1 is 1.21 bits per heavy atom. The van der Waals surface area contributed by atoms with Crippen LogP contribution in [-0.2, 0) is 6.42 Å². The highest BCUT2D eigenvalue weighted by molar-refractivity contribution is 7.09. The van der Waals surface area contributed by atoms with Gasteiger partial charge in [0.2, 0.25) is 0 Å². The van der Waals surface area contributed by atoms with Gasteiger partial charge in [-0.25, -0.2) is 4.98 Å². The van der Waals surface area contributed by atoms with Crippen molar-refractivity contribution in [2.75, 3.05) is 13.1 Å². The highest BCUT2D eigenvalue weighted by Crippen LogP contribution is 2.16. The predicted molar refractivity (Wildman–Crippen MR) is 78.6 cm³/mol. The molecule has 0 aliphatic heterocycles. The zero-order valence-corrected chi connectivity index (χ0v) is 12.1. The zero-order chi connectivity index (χ0) is 13.7. The van der Waals surface area contributed by atoms with Crippen LogP contribution in [0.5, 0.6) is 0 Å². The Morgan fingerprint density at radius 2 is 1.89 bits per heavy atom. The van der Waals surface area contributed by atoms with Crippen LogP contribution in [0.15, 0.2) is 35.7 Å². The lowest BCUT2D eigenvalue weighted by molar-refractivity contribution is 0.0768. The summed E-state index contributed by atoms with van der Waals surface area (Å²) in [7, 11) is 0. The van der Waals surface area contributed by atoms with Gasteiger partial charge >= 0.3 is 0 Å². The molecule has 0 aliphatic carbocycles. The van der Waals surface area contributed by atoms with E-state index in [0.29, 0.717) is 5.69 Å².